The summed E-state index contributed by atoms with van der Waals surface area (Å²) in [5.41, 5.74) is 1.55. The molecule has 0 spiro atoms. The van der Waals surface area contributed by atoms with E-state index < -0.39 is 6.10 Å². The Kier molecular flexibility index (Phi) is 3.01. The van der Waals surface area contributed by atoms with Crippen LogP contribution in [0.15, 0.2) is 42.5 Å². The van der Waals surface area contributed by atoms with E-state index in [0.29, 0.717) is 11.3 Å². The molecular weight excluding hydrogens is 284 g/mol. The van der Waals surface area contributed by atoms with Crippen LogP contribution >= 0.6 is 0 Å². The summed E-state index contributed by atoms with van der Waals surface area (Å²) < 4.78 is 21.3. The van der Waals surface area contributed by atoms with Gasteiger partial charge in [0.05, 0.1) is 7.11 Å². The molecular formula is C17H14O5. The second-order valence-electron chi connectivity index (χ2n) is 5.18. The normalized spacial score (nSPS) is 21.5. The van der Waals surface area contributed by atoms with Crippen LogP contribution in [0.1, 0.15) is 22.0 Å². The molecule has 2 aromatic carbocycles. The molecule has 2 aliphatic heterocycles. The van der Waals surface area contributed by atoms with E-state index in [2.05, 4.69) is 0 Å². The number of epoxide rings is 1. The van der Waals surface area contributed by atoms with Crippen molar-refractivity contribution in [2.75, 3.05) is 13.9 Å². The summed E-state index contributed by atoms with van der Waals surface area (Å²) in [6, 6.07) is 12.7. The van der Waals surface area contributed by atoms with Crippen LogP contribution < -0.4 is 14.2 Å². The first-order valence-corrected chi connectivity index (χ1v) is 6.99. The van der Waals surface area contributed by atoms with Crippen molar-refractivity contribution in [1.29, 1.82) is 0 Å². The average Bonchev–Trinajstić information content (AvgIpc) is 3.23. The summed E-state index contributed by atoms with van der Waals surface area (Å²) in [5.74, 6) is 2.12. The van der Waals surface area contributed by atoms with Crippen molar-refractivity contribution < 1.29 is 23.7 Å². The topological polar surface area (TPSA) is 57.3 Å². The lowest BCUT2D eigenvalue weighted by Crippen LogP contribution is -2.08. The maximum Gasteiger partial charge on any atom is 0.231 e. The molecule has 0 bridgehead atoms. The van der Waals surface area contributed by atoms with Crippen LogP contribution in [0.3, 0.4) is 0 Å². The zero-order chi connectivity index (χ0) is 15.1. The highest BCUT2D eigenvalue weighted by Gasteiger charge is 2.46. The highest BCUT2D eigenvalue weighted by atomic mass is 16.7. The monoisotopic (exact) mass is 298 g/mol. The van der Waals surface area contributed by atoms with Gasteiger partial charge in [0.25, 0.3) is 0 Å². The van der Waals surface area contributed by atoms with E-state index in [4.69, 9.17) is 18.9 Å². The van der Waals surface area contributed by atoms with Crippen LogP contribution in [0.2, 0.25) is 0 Å². The van der Waals surface area contributed by atoms with E-state index in [1.807, 2.05) is 18.2 Å². The van der Waals surface area contributed by atoms with Gasteiger partial charge >= 0.3 is 0 Å². The molecule has 2 aromatic rings. The van der Waals surface area contributed by atoms with Gasteiger partial charge in [-0.1, -0.05) is 6.07 Å². The summed E-state index contributed by atoms with van der Waals surface area (Å²) in [6.45, 7) is 0.235. The van der Waals surface area contributed by atoms with E-state index in [1.165, 1.54) is 0 Å². The van der Waals surface area contributed by atoms with Gasteiger partial charge in [0, 0.05) is 5.56 Å². The lowest BCUT2D eigenvalue weighted by molar-refractivity contribution is 0.0953. The molecule has 1 fully saturated rings. The quantitative estimate of drug-likeness (QED) is 0.641. The zero-order valence-corrected chi connectivity index (χ0v) is 11.9. The molecule has 0 aromatic heterocycles. The molecule has 0 radical (unpaired) electrons. The summed E-state index contributed by atoms with van der Waals surface area (Å²) in [6.07, 6.45) is -0.655. The van der Waals surface area contributed by atoms with Gasteiger partial charge in [0.2, 0.25) is 6.79 Å². The summed E-state index contributed by atoms with van der Waals surface area (Å²) >= 11 is 0. The Hall–Kier alpha value is -2.53. The van der Waals surface area contributed by atoms with Crippen LogP contribution in [0.4, 0.5) is 0 Å². The standard InChI is InChI=1S/C17H14O5/c1-19-12-5-2-10(3-6-12)15(18)17-16(22-17)11-4-7-13-14(8-11)21-9-20-13/h2-8,16-17H,9H2,1H3. The second kappa shape index (κ2) is 5.03. The Morgan fingerprint density at radius 3 is 2.64 bits per heavy atom. The number of ether oxygens (including phenoxy) is 4. The third kappa shape index (κ3) is 2.19. The van der Waals surface area contributed by atoms with E-state index in [1.54, 1.807) is 31.4 Å². The lowest BCUT2D eigenvalue weighted by Gasteiger charge is -2.01. The number of ketones is 1. The Morgan fingerprint density at radius 1 is 1.09 bits per heavy atom. The van der Waals surface area contributed by atoms with Crippen molar-refractivity contribution in [1.82, 2.24) is 0 Å². The van der Waals surface area contributed by atoms with Gasteiger partial charge in [-0.05, 0) is 42.0 Å². The largest absolute Gasteiger partial charge is 0.497 e. The first-order chi connectivity index (χ1) is 10.8. The maximum absolute atomic E-state index is 12.4. The minimum absolute atomic E-state index is 0.0229. The van der Waals surface area contributed by atoms with E-state index >= 15 is 0 Å². The van der Waals surface area contributed by atoms with Crippen molar-refractivity contribution in [2.24, 2.45) is 0 Å². The predicted molar refractivity (Wildman–Crippen MR) is 77.5 cm³/mol. The average molecular weight is 298 g/mol. The van der Waals surface area contributed by atoms with E-state index in [-0.39, 0.29) is 18.7 Å². The van der Waals surface area contributed by atoms with Gasteiger partial charge in [-0.15, -0.1) is 0 Å². The molecule has 22 heavy (non-hydrogen) atoms. The van der Waals surface area contributed by atoms with Crippen molar-refractivity contribution in [3.8, 4) is 17.2 Å². The molecule has 1 saturated heterocycles. The Labute approximate surface area is 127 Å². The zero-order valence-electron chi connectivity index (χ0n) is 11.9. The molecule has 0 saturated carbocycles. The first-order valence-electron chi connectivity index (χ1n) is 6.99. The molecule has 0 amide bonds. The summed E-state index contributed by atoms with van der Waals surface area (Å²) in [5, 5.41) is 0. The van der Waals surface area contributed by atoms with Crippen LogP contribution in [-0.4, -0.2) is 25.8 Å². The van der Waals surface area contributed by atoms with Crippen molar-refractivity contribution in [2.45, 2.75) is 12.2 Å². The molecule has 0 aliphatic carbocycles. The van der Waals surface area contributed by atoms with Gasteiger partial charge in [-0.25, -0.2) is 0 Å². The second-order valence-corrected chi connectivity index (χ2v) is 5.18. The fourth-order valence-electron chi connectivity index (χ4n) is 2.57. The number of hydrogen-bond acceptors (Lipinski definition) is 5. The minimum Gasteiger partial charge on any atom is -0.497 e. The predicted octanol–water partition coefficient (Wildman–Crippen LogP) is 2.75. The number of Topliss-reactive ketones (excluding diaryl/α,β-unsaturated/α-hetero) is 1. The summed E-state index contributed by atoms with van der Waals surface area (Å²) in [4.78, 5) is 12.4. The Bertz CT molecular complexity index is 722. The lowest BCUT2D eigenvalue weighted by atomic mass is 10.0. The number of fused-ring (bicyclic) bond motifs is 1. The molecule has 2 aliphatic rings. The molecule has 2 unspecified atom stereocenters. The number of hydrogen-bond donors (Lipinski definition) is 0. The number of rotatable bonds is 4. The van der Waals surface area contributed by atoms with Gasteiger partial charge in [0.1, 0.15) is 11.9 Å². The first kappa shape index (κ1) is 13.2. The SMILES string of the molecule is COc1ccc(C(=O)C2OC2c2ccc3c(c2)OCO3)cc1. The Balaban J connectivity index is 1.50. The van der Waals surface area contributed by atoms with Crippen LogP contribution in [-0.2, 0) is 4.74 Å². The molecule has 5 nitrogen and oxygen atoms in total. The van der Waals surface area contributed by atoms with Gasteiger partial charge < -0.3 is 18.9 Å². The van der Waals surface area contributed by atoms with Gasteiger partial charge in [-0.2, -0.15) is 0 Å². The summed E-state index contributed by atoms with van der Waals surface area (Å²) in [7, 11) is 1.59. The van der Waals surface area contributed by atoms with Crippen molar-refractivity contribution in [3.05, 3.63) is 53.6 Å². The third-order valence-electron chi connectivity index (χ3n) is 3.85. The van der Waals surface area contributed by atoms with Crippen LogP contribution in [0.5, 0.6) is 17.2 Å². The van der Waals surface area contributed by atoms with Crippen LogP contribution in [0, 0.1) is 0 Å². The highest BCUT2D eigenvalue weighted by molar-refractivity contribution is 6.01. The number of carbonyl (C=O) groups is 1. The van der Waals surface area contributed by atoms with Crippen molar-refractivity contribution >= 4 is 5.78 Å². The smallest absolute Gasteiger partial charge is 0.231 e. The molecule has 2 heterocycles. The highest BCUT2D eigenvalue weighted by Crippen LogP contribution is 2.44. The van der Waals surface area contributed by atoms with Gasteiger partial charge in [-0.3, -0.25) is 4.79 Å². The maximum atomic E-state index is 12.4. The molecule has 5 heteroatoms. The molecule has 0 N–H and O–H groups in total. The number of carbonyl (C=O) groups excluding carboxylic acids is 1. The third-order valence-corrected chi connectivity index (χ3v) is 3.85. The number of benzene rings is 2. The fraction of sp³-hybridized carbons (Fsp3) is 0.235. The van der Waals surface area contributed by atoms with E-state index in [0.717, 1.165) is 17.1 Å². The van der Waals surface area contributed by atoms with E-state index in [9.17, 15) is 4.79 Å². The van der Waals surface area contributed by atoms with Crippen LogP contribution in [0.25, 0.3) is 0 Å². The molecule has 112 valence electrons. The fourth-order valence-corrected chi connectivity index (χ4v) is 2.57. The number of methoxy groups -OCH3 is 1. The van der Waals surface area contributed by atoms with Crippen molar-refractivity contribution in [3.63, 3.8) is 0 Å². The molecule has 4 rings (SSSR count). The van der Waals surface area contributed by atoms with Gasteiger partial charge in [0.15, 0.2) is 23.4 Å². The minimum atomic E-state index is -0.436. The molecule has 2 atom stereocenters. The Morgan fingerprint density at radius 2 is 1.86 bits per heavy atom.